The lowest BCUT2D eigenvalue weighted by molar-refractivity contribution is -0.242. The van der Waals surface area contributed by atoms with Crippen LogP contribution in [0.15, 0.2) is 48.0 Å². The first-order valence-corrected chi connectivity index (χ1v) is 9.56. The number of benzene rings is 2. The molecule has 0 aromatic heterocycles. The van der Waals surface area contributed by atoms with Crippen LogP contribution in [0.2, 0.25) is 5.02 Å². The van der Waals surface area contributed by atoms with Gasteiger partial charge in [0.25, 0.3) is 5.91 Å². The third-order valence-corrected chi connectivity index (χ3v) is 4.80. The number of ether oxygens (including phenoxy) is 1. The van der Waals surface area contributed by atoms with Crippen molar-refractivity contribution in [3.63, 3.8) is 0 Å². The number of piperidine rings is 1. The second-order valence-corrected chi connectivity index (χ2v) is 7.15. The quantitative estimate of drug-likeness (QED) is 0.780. The van der Waals surface area contributed by atoms with E-state index in [0.717, 1.165) is 18.4 Å². The Morgan fingerprint density at radius 2 is 1.86 bits per heavy atom. The number of hydrogen-bond acceptors (Lipinski definition) is 3. The summed E-state index contributed by atoms with van der Waals surface area (Å²) in [6, 6.07) is 10.6. The fourth-order valence-electron chi connectivity index (χ4n) is 3.09. The van der Waals surface area contributed by atoms with Gasteiger partial charge in [0, 0.05) is 18.1 Å². The molecule has 0 radical (unpaired) electrons. The Bertz CT molecular complexity index is 921. The monoisotopic (exact) mass is 418 g/mol. The van der Waals surface area contributed by atoms with E-state index in [9.17, 15) is 14.0 Å². The molecule has 2 aromatic rings. The first kappa shape index (κ1) is 20.8. The highest BCUT2D eigenvalue weighted by molar-refractivity contribution is 6.31. The number of quaternary nitrogens is 1. The highest BCUT2D eigenvalue weighted by Gasteiger charge is 2.20. The summed E-state index contributed by atoms with van der Waals surface area (Å²) in [6.45, 7) is 1.05. The molecule has 1 aliphatic heterocycles. The average Bonchev–Trinajstić information content (AvgIpc) is 2.69. The molecule has 1 aliphatic rings. The van der Waals surface area contributed by atoms with Gasteiger partial charge in [0.05, 0.1) is 5.69 Å². The number of halogens is 2. The normalized spacial score (nSPS) is 13.8. The Hall–Kier alpha value is -2.90. The zero-order chi connectivity index (χ0) is 20.8. The topological polar surface area (TPSA) is 86.3 Å². The van der Waals surface area contributed by atoms with Gasteiger partial charge in [0.15, 0.2) is 6.61 Å². The van der Waals surface area contributed by atoms with Crippen LogP contribution in [0.5, 0.6) is 5.75 Å². The van der Waals surface area contributed by atoms with Gasteiger partial charge in [0.1, 0.15) is 11.6 Å². The summed E-state index contributed by atoms with van der Waals surface area (Å²) in [6.07, 6.45) is 3.55. The minimum absolute atomic E-state index is 0.132. The second-order valence-electron chi connectivity index (χ2n) is 6.71. The molecule has 3 amide bonds. The predicted molar refractivity (Wildman–Crippen MR) is 109 cm³/mol. The van der Waals surface area contributed by atoms with Crippen molar-refractivity contribution in [1.29, 1.82) is 0 Å². The van der Waals surface area contributed by atoms with E-state index in [2.05, 4.69) is 11.1 Å². The van der Waals surface area contributed by atoms with E-state index in [-0.39, 0.29) is 18.3 Å². The van der Waals surface area contributed by atoms with Crippen molar-refractivity contribution in [2.24, 2.45) is 0 Å². The van der Waals surface area contributed by atoms with Crippen LogP contribution in [0.25, 0.3) is 6.08 Å². The molecular weight excluding hydrogens is 397 g/mol. The molecule has 2 aromatic carbocycles. The van der Waals surface area contributed by atoms with Crippen molar-refractivity contribution in [3.05, 3.63) is 64.4 Å². The molecule has 152 valence electrons. The first-order chi connectivity index (χ1) is 13.9. The molecule has 0 unspecified atom stereocenters. The number of nitrogens with zero attached hydrogens (tertiary/aromatic N) is 1. The van der Waals surface area contributed by atoms with Crippen LogP contribution in [0.4, 0.5) is 14.9 Å². The number of anilines is 1. The van der Waals surface area contributed by atoms with Gasteiger partial charge in [-0.25, -0.2) is 9.18 Å². The zero-order valence-electron chi connectivity index (χ0n) is 15.8. The van der Waals surface area contributed by atoms with E-state index in [1.165, 1.54) is 23.8 Å². The molecule has 0 atom stereocenters. The van der Waals surface area contributed by atoms with Crippen LogP contribution in [-0.4, -0.2) is 36.5 Å². The summed E-state index contributed by atoms with van der Waals surface area (Å²) in [5.74, 6) is -0.0347. The highest BCUT2D eigenvalue weighted by atomic mass is 35.5. The van der Waals surface area contributed by atoms with Gasteiger partial charge in [-0.05, 0) is 48.7 Å². The molecule has 29 heavy (non-hydrogen) atoms. The van der Waals surface area contributed by atoms with E-state index in [1.54, 1.807) is 29.2 Å². The van der Waals surface area contributed by atoms with Gasteiger partial charge in [-0.3, -0.25) is 15.8 Å². The van der Waals surface area contributed by atoms with Crippen molar-refractivity contribution in [2.75, 3.05) is 25.0 Å². The molecule has 0 bridgehead atoms. The van der Waals surface area contributed by atoms with Gasteiger partial charge in [0.2, 0.25) is 0 Å². The number of carbonyl (C=O) groups excluding carboxylic acids is 2. The van der Waals surface area contributed by atoms with Crippen LogP contribution in [-0.2, 0) is 4.79 Å². The number of rotatable bonds is 5. The maximum Gasteiger partial charge on any atom is 0.416 e. The second kappa shape index (κ2) is 9.54. The first-order valence-electron chi connectivity index (χ1n) is 9.19. The smallest absolute Gasteiger partial charge is 0.416 e. The molecule has 0 aliphatic carbocycles. The molecule has 3 rings (SSSR count). The van der Waals surface area contributed by atoms with E-state index in [0.29, 0.717) is 29.5 Å². The van der Waals surface area contributed by atoms with Crippen molar-refractivity contribution >= 4 is 35.3 Å². The summed E-state index contributed by atoms with van der Waals surface area (Å²) in [4.78, 5) is 25.5. The SMILES string of the molecule is [NH3+]C(=O)Nc1cc(Cl)ccc1OCC(=O)N1CCC(=Cc2ccc(F)cc2)CC1. The average molecular weight is 419 g/mol. The highest BCUT2D eigenvalue weighted by Crippen LogP contribution is 2.28. The third-order valence-electron chi connectivity index (χ3n) is 4.57. The predicted octanol–water partition coefficient (Wildman–Crippen LogP) is 3.34. The van der Waals surface area contributed by atoms with Gasteiger partial charge in [-0.1, -0.05) is 35.4 Å². The molecule has 0 saturated carbocycles. The Morgan fingerprint density at radius 1 is 1.17 bits per heavy atom. The zero-order valence-corrected chi connectivity index (χ0v) is 16.5. The van der Waals surface area contributed by atoms with Gasteiger partial charge in [-0.2, -0.15) is 0 Å². The molecule has 1 fully saturated rings. The van der Waals surface area contributed by atoms with Crippen molar-refractivity contribution < 1.29 is 24.5 Å². The van der Waals surface area contributed by atoms with Gasteiger partial charge >= 0.3 is 6.03 Å². The summed E-state index contributed by atoms with van der Waals surface area (Å²) in [7, 11) is 0. The Labute approximate surface area is 173 Å². The Kier molecular flexibility index (Phi) is 6.85. The molecular formula is C21H22ClFN3O3+. The summed E-state index contributed by atoms with van der Waals surface area (Å²) in [5.41, 5.74) is 5.81. The number of likely N-dealkylation sites (tertiary alicyclic amines) is 1. The van der Waals surface area contributed by atoms with Gasteiger partial charge in [-0.15, -0.1) is 0 Å². The molecule has 1 heterocycles. The largest absolute Gasteiger partial charge is 0.482 e. The van der Waals surface area contributed by atoms with Crippen molar-refractivity contribution in [2.45, 2.75) is 12.8 Å². The summed E-state index contributed by atoms with van der Waals surface area (Å²) in [5, 5.41) is 2.97. The van der Waals surface area contributed by atoms with Gasteiger partial charge < -0.3 is 9.64 Å². The number of hydrogen-bond donors (Lipinski definition) is 2. The van der Waals surface area contributed by atoms with Crippen molar-refractivity contribution in [1.82, 2.24) is 4.90 Å². The van der Waals surface area contributed by atoms with E-state index in [1.807, 2.05) is 6.08 Å². The number of urea groups is 1. The van der Waals surface area contributed by atoms with Crippen LogP contribution in [0, 0.1) is 5.82 Å². The third kappa shape index (κ3) is 6.04. The summed E-state index contributed by atoms with van der Waals surface area (Å²) < 4.78 is 18.6. The molecule has 4 N–H and O–H groups in total. The van der Waals surface area contributed by atoms with Crippen molar-refractivity contribution in [3.8, 4) is 5.75 Å². The fraction of sp³-hybridized carbons (Fsp3) is 0.238. The molecule has 1 saturated heterocycles. The number of amides is 3. The molecule has 6 nitrogen and oxygen atoms in total. The minimum Gasteiger partial charge on any atom is -0.482 e. The lowest BCUT2D eigenvalue weighted by atomic mass is 10.0. The molecule has 8 heteroatoms. The Balaban J connectivity index is 1.54. The van der Waals surface area contributed by atoms with Crippen LogP contribution in [0.1, 0.15) is 18.4 Å². The lowest BCUT2D eigenvalue weighted by Crippen LogP contribution is -2.59. The number of nitrogens with one attached hydrogen (secondary N) is 1. The van der Waals surface area contributed by atoms with E-state index >= 15 is 0 Å². The maximum atomic E-state index is 13.0. The standard InChI is InChI=1S/C21H21ClFN3O3/c22-16-3-6-19(18(12-16)25-21(24)28)29-13-20(27)26-9-7-15(8-10-26)11-14-1-4-17(23)5-2-14/h1-6,11-12H,7-10,13H2,(H3,24,25,28)/p+1. The molecule has 0 spiro atoms. The lowest BCUT2D eigenvalue weighted by Gasteiger charge is -2.28. The fourth-order valence-corrected chi connectivity index (χ4v) is 3.26. The van der Waals surface area contributed by atoms with Crippen LogP contribution >= 0.6 is 11.6 Å². The minimum atomic E-state index is -0.500. The van der Waals surface area contributed by atoms with E-state index < -0.39 is 6.03 Å². The summed E-state index contributed by atoms with van der Waals surface area (Å²) >= 11 is 5.94. The number of carbonyl (C=O) groups is 2. The van der Waals surface area contributed by atoms with E-state index in [4.69, 9.17) is 16.3 Å². The Morgan fingerprint density at radius 3 is 2.52 bits per heavy atom. The van der Waals surface area contributed by atoms with Crippen LogP contribution in [0.3, 0.4) is 0 Å². The maximum absolute atomic E-state index is 13.0. The van der Waals surface area contributed by atoms with Crippen LogP contribution < -0.4 is 15.8 Å².